The summed E-state index contributed by atoms with van der Waals surface area (Å²) in [6, 6.07) is 8.18. The van der Waals surface area contributed by atoms with E-state index in [2.05, 4.69) is 53.4 Å². The van der Waals surface area contributed by atoms with E-state index in [1.54, 1.807) is 13.1 Å². The van der Waals surface area contributed by atoms with Gasteiger partial charge in [0.25, 0.3) is 0 Å². The monoisotopic (exact) mass is 434 g/mol. The van der Waals surface area contributed by atoms with Crippen LogP contribution in [0.3, 0.4) is 0 Å². The summed E-state index contributed by atoms with van der Waals surface area (Å²) >= 11 is 1.81. The molecule has 1 aromatic carbocycles. The molecule has 3 rings (SSSR count). The van der Waals surface area contributed by atoms with E-state index in [-0.39, 0.29) is 5.78 Å². The fourth-order valence-electron chi connectivity index (χ4n) is 3.38. The first-order valence-electron chi connectivity index (χ1n) is 10.5. The number of benzene rings is 1. The lowest BCUT2D eigenvalue weighted by atomic mass is 9.95. The molecule has 162 valence electrons. The summed E-state index contributed by atoms with van der Waals surface area (Å²) in [5, 5.41) is 3.70. The lowest BCUT2D eigenvalue weighted by molar-refractivity contribution is 0.104. The van der Waals surface area contributed by atoms with E-state index in [1.165, 1.54) is 11.0 Å². The van der Waals surface area contributed by atoms with Gasteiger partial charge in [0.15, 0.2) is 0 Å². The number of hydrogen-bond acceptors (Lipinski definition) is 6. The highest BCUT2D eigenvalue weighted by atomic mass is 32.2. The van der Waals surface area contributed by atoms with Crippen LogP contribution in [0.4, 0.5) is 0 Å². The van der Waals surface area contributed by atoms with Gasteiger partial charge in [0.05, 0.1) is 17.6 Å². The summed E-state index contributed by atoms with van der Waals surface area (Å²) in [7, 11) is 1.94. The Morgan fingerprint density at radius 3 is 2.68 bits per heavy atom. The number of rotatable bonds is 8. The average Bonchev–Trinajstić information content (AvgIpc) is 2.75. The molecule has 1 aliphatic rings. The number of nitrogens with two attached hydrogens (primary N) is 1. The number of aryl methyl sites for hydroxylation is 1. The van der Waals surface area contributed by atoms with E-state index in [0.717, 1.165) is 24.1 Å². The Bertz CT molecular complexity index is 1020. The Morgan fingerprint density at radius 2 is 2.06 bits per heavy atom. The number of ketones is 1. The summed E-state index contributed by atoms with van der Waals surface area (Å²) in [5.41, 5.74) is 10.1. The van der Waals surface area contributed by atoms with E-state index in [4.69, 9.17) is 5.73 Å². The normalized spacial score (nSPS) is 16.5. The predicted octanol–water partition coefficient (Wildman–Crippen LogP) is 4.70. The standard InChI is InChI=1S/C25H30N4OS/c1-16(2)31-21-11-9-20(10-12-21)23-15-28-17(3)25(29-23)24(30)13-22(26)19-7-5-18(6-8-19)14-27-4/h5,7-13,15-16,18,27H,6,14,26H2,1-4H3. The highest BCUT2D eigenvalue weighted by molar-refractivity contribution is 7.99. The van der Waals surface area contributed by atoms with Crippen LogP contribution >= 0.6 is 11.8 Å². The van der Waals surface area contributed by atoms with Gasteiger partial charge in [-0.05, 0) is 44.0 Å². The zero-order valence-corrected chi connectivity index (χ0v) is 19.4. The molecular weight excluding hydrogens is 404 g/mol. The molecule has 6 heteroatoms. The number of carbonyl (C=O) groups is 1. The predicted molar refractivity (Wildman–Crippen MR) is 129 cm³/mol. The third-order valence-corrected chi connectivity index (χ3v) is 6.00. The minimum atomic E-state index is -0.233. The maximum atomic E-state index is 12.9. The fraction of sp³-hybridized carbons (Fsp3) is 0.320. The minimum absolute atomic E-state index is 0.233. The van der Waals surface area contributed by atoms with Gasteiger partial charge in [-0.1, -0.05) is 44.2 Å². The summed E-state index contributed by atoms with van der Waals surface area (Å²) in [6.45, 7) is 7.04. The molecule has 0 saturated carbocycles. The van der Waals surface area contributed by atoms with Gasteiger partial charge >= 0.3 is 0 Å². The van der Waals surface area contributed by atoms with Gasteiger partial charge in [-0.2, -0.15) is 0 Å². The van der Waals surface area contributed by atoms with Crippen LogP contribution in [0.15, 0.2) is 70.9 Å². The first-order valence-corrected chi connectivity index (χ1v) is 11.4. The maximum Gasteiger partial charge on any atom is 0.208 e. The number of aromatic nitrogens is 2. The summed E-state index contributed by atoms with van der Waals surface area (Å²) < 4.78 is 0. The Labute approximate surface area is 189 Å². The lowest BCUT2D eigenvalue weighted by Crippen LogP contribution is -2.18. The van der Waals surface area contributed by atoms with Crippen LogP contribution in [0.1, 0.15) is 36.5 Å². The van der Waals surface area contributed by atoms with Crippen molar-refractivity contribution in [3.05, 3.63) is 77.4 Å². The molecule has 1 aliphatic carbocycles. The van der Waals surface area contributed by atoms with Gasteiger partial charge in [-0.15, -0.1) is 11.8 Å². The molecule has 1 aromatic heterocycles. The summed E-state index contributed by atoms with van der Waals surface area (Å²) in [4.78, 5) is 23.1. The van der Waals surface area contributed by atoms with Crippen molar-refractivity contribution in [1.82, 2.24) is 15.3 Å². The van der Waals surface area contributed by atoms with Crippen molar-refractivity contribution in [3.63, 3.8) is 0 Å². The van der Waals surface area contributed by atoms with Crippen LogP contribution in [-0.4, -0.2) is 34.6 Å². The number of carbonyl (C=O) groups excluding carboxylic acids is 1. The van der Waals surface area contributed by atoms with Crippen molar-refractivity contribution in [2.45, 2.75) is 37.3 Å². The van der Waals surface area contributed by atoms with Crippen LogP contribution < -0.4 is 11.1 Å². The summed E-state index contributed by atoms with van der Waals surface area (Å²) in [5.74, 6) is 0.218. The first kappa shape index (κ1) is 23.0. The molecular formula is C25H30N4OS. The molecule has 0 bridgehead atoms. The van der Waals surface area contributed by atoms with E-state index in [0.29, 0.717) is 33.9 Å². The topological polar surface area (TPSA) is 80.9 Å². The molecule has 0 spiro atoms. The average molecular weight is 435 g/mol. The molecule has 0 fully saturated rings. The molecule has 1 atom stereocenters. The number of thioether (sulfide) groups is 1. The van der Waals surface area contributed by atoms with Crippen LogP contribution in [0.5, 0.6) is 0 Å². The van der Waals surface area contributed by atoms with Crippen molar-refractivity contribution in [1.29, 1.82) is 0 Å². The molecule has 2 aromatic rings. The quantitative estimate of drug-likeness (QED) is 0.356. The molecule has 3 N–H and O–H groups in total. The Morgan fingerprint density at radius 1 is 1.32 bits per heavy atom. The van der Waals surface area contributed by atoms with E-state index in [1.807, 2.05) is 37.0 Å². The molecule has 5 nitrogen and oxygen atoms in total. The first-order chi connectivity index (χ1) is 14.9. The molecule has 0 radical (unpaired) electrons. The lowest BCUT2D eigenvalue weighted by Gasteiger charge is -2.15. The van der Waals surface area contributed by atoms with Crippen molar-refractivity contribution < 1.29 is 4.79 Å². The van der Waals surface area contributed by atoms with Crippen LogP contribution in [0.2, 0.25) is 0 Å². The molecule has 1 unspecified atom stereocenters. The van der Waals surface area contributed by atoms with Crippen LogP contribution in [0.25, 0.3) is 11.3 Å². The van der Waals surface area contributed by atoms with Crippen LogP contribution in [0, 0.1) is 12.8 Å². The smallest absolute Gasteiger partial charge is 0.208 e. The number of nitrogens with zero attached hydrogens (tertiary/aromatic N) is 2. The number of allylic oxidation sites excluding steroid dienone is 3. The van der Waals surface area contributed by atoms with Gasteiger partial charge < -0.3 is 11.1 Å². The largest absolute Gasteiger partial charge is 0.398 e. The number of hydrogen-bond donors (Lipinski definition) is 2. The fourth-order valence-corrected chi connectivity index (χ4v) is 4.22. The highest BCUT2D eigenvalue weighted by Crippen LogP contribution is 2.26. The van der Waals surface area contributed by atoms with Gasteiger partial charge in [0.2, 0.25) is 5.78 Å². The second-order valence-corrected chi connectivity index (χ2v) is 9.57. The third-order valence-electron chi connectivity index (χ3n) is 4.99. The minimum Gasteiger partial charge on any atom is -0.398 e. The van der Waals surface area contributed by atoms with E-state index < -0.39 is 0 Å². The molecule has 0 amide bonds. The van der Waals surface area contributed by atoms with Crippen LogP contribution in [-0.2, 0) is 0 Å². The molecule has 0 saturated heterocycles. The highest BCUT2D eigenvalue weighted by Gasteiger charge is 2.15. The Balaban J connectivity index is 1.79. The third kappa shape index (κ3) is 6.15. The second-order valence-electron chi connectivity index (χ2n) is 7.92. The van der Waals surface area contributed by atoms with E-state index >= 15 is 0 Å². The Kier molecular flexibility index (Phi) is 7.82. The van der Waals surface area contributed by atoms with Crippen molar-refractivity contribution in [2.24, 2.45) is 11.7 Å². The van der Waals surface area contributed by atoms with Gasteiger partial charge in [-0.3, -0.25) is 9.78 Å². The maximum absolute atomic E-state index is 12.9. The van der Waals surface area contributed by atoms with Gasteiger partial charge in [0.1, 0.15) is 5.69 Å². The summed E-state index contributed by atoms with van der Waals surface area (Å²) in [6.07, 6.45) is 10.2. The SMILES string of the molecule is CNCC1C=CC(C(N)=CC(=O)c2nc(-c3ccc(SC(C)C)cc3)cnc2C)=CC1. The molecule has 31 heavy (non-hydrogen) atoms. The number of nitrogens with one attached hydrogen (secondary N) is 1. The second kappa shape index (κ2) is 10.6. The van der Waals surface area contributed by atoms with Gasteiger partial charge in [-0.25, -0.2) is 4.98 Å². The van der Waals surface area contributed by atoms with E-state index in [9.17, 15) is 4.79 Å². The molecule has 0 aliphatic heterocycles. The van der Waals surface area contributed by atoms with Crippen molar-refractivity contribution >= 4 is 17.5 Å². The van der Waals surface area contributed by atoms with Gasteiger partial charge in [0, 0.05) is 34.0 Å². The molecule has 1 heterocycles. The Hall–Kier alpha value is -2.70. The zero-order valence-electron chi connectivity index (χ0n) is 18.6. The zero-order chi connectivity index (χ0) is 22.4. The van der Waals surface area contributed by atoms with Crippen molar-refractivity contribution in [3.8, 4) is 11.3 Å². The van der Waals surface area contributed by atoms with Crippen molar-refractivity contribution in [2.75, 3.05) is 13.6 Å².